The van der Waals surface area contributed by atoms with Gasteiger partial charge in [0.15, 0.2) is 11.5 Å². The average Bonchev–Trinajstić information content (AvgIpc) is 2.96. The Kier molecular flexibility index (Phi) is 10.7. The minimum Gasteiger partial charge on any atom is -0.493 e. The molecule has 0 saturated heterocycles. The number of carbonyl (C=O) groups excluding carboxylic acids is 1. The Balaban J connectivity index is 1.49. The number of rotatable bonds is 11. The van der Waals surface area contributed by atoms with E-state index in [0.717, 1.165) is 9.87 Å². The maximum atomic E-state index is 13.5. The molecule has 0 aliphatic carbocycles. The van der Waals surface area contributed by atoms with Gasteiger partial charge >= 0.3 is 0 Å². The third-order valence-corrected chi connectivity index (χ3v) is 8.90. The van der Waals surface area contributed by atoms with E-state index in [2.05, 4.69) is 26.5 Å². The van der Waals surface area contributed by atoms with Crippen molar-refractivity contribution in [1.82, 2.24) is 5.43 Å². The number of halogens is 4. The van der Waals surface area contributed by atoms with Crippen LogP contribution in [0, 0.1) is 0 Å². The van der Waals surface area contributed by atoms with E-state index in [9.17, 15) is 13.2 Å². The van der Waals surface area contributed by atoms with Crippen LogP contribution in [0.2, 0.25) is 15.1 Å². The highest BCUT2D eigenvalue weighted by Crippen LogP contribution is 2.37. The van der Waals surface area contributed by atoms with Crippen molar-refractivity contribution in [3.8, 4) is 11.5 Å². The molecule has 218 valence electrons. The SMILES string of the molecule is COc1cc(/C=N\NC(=O)CN(c2ccc(Cl)cc2Cl)S(=O)(=O)c2ccccc2)cc(Br)c1OCc1ccc(Cl)cc1. The van der Waals surface area contributed by atoms with E-state index in [0.29, 0.717) is 31.6 Å². The third-order valence-electron chi connectivity index (χ3n) is 5.75. The molecule has 13 heteroatoms. The minimum absolute atomic E-state index is 0.0114. The quantitative estimate of drug-likeness (QED) is 0.130. The van der Waals surface area contributed by atoms with Crippen LogP contribution in [0.5, 0.6) is 11.5 Å². The van der Waals surface area contributed by atoms with Crippen LogP contribution in [-0.4, -0.2) is 34.2 Å². The molecule has 0 aliphatic rings. The number of nitrogens with zero attached hydrogens (tertiary/aromatic N) is 2. The molecular formula is C29H23BrCl3N3O5S. The van der Waals surface area contributed by atoms with Gasteiger partial charge in [-0.1, -0.05) is 65.1 Å². The molecule has 0 aliphatic heterocycles. The first-order chi connectivity index (χ1) is 20.1. The summed E-state index contributed by atoms with van der Waals surface area (Å²) in [4.78, 5) is 12.9. The van der Waals surface area contributed by atoms with Gasteiger partial charge in [-0.2, -0.15) is 5.10 Å². The topological polar surface area (TPSA) is 97.3 Å². The molecule has 4 aromatic rings. The van der Waals surface area contributed by atoms with Crippen LogP contribution in [0.25, 0.3) is 0 Å². The molecular weight excluding hydrogens is 689 g/mol. The number of nitrogens with one attached hydrogen (secondary N) is 1. The molecule has 1 amide bonds. The lowest BCUT2D eigenvalue weighted by molar-refractivity contribution is -0.119. The zero-order valence-corrected chi connectivity index (χ0v) is 26.6. The van der Waals surface area contributed by atoms with Gasteiger partial charge in [0.2, 0.25) is 0 Å². The number of anilines is 1. The fourth-order valence-corrected chi connectivity index (χ4v) is 6.46. The van der Waals surface area contributed by atoms with Crippen molar-refractivity contribution in [2.45, 2.75) is 11.5 Å². The van der Waals surface area contributed by atoms with Crippen molar-refractivity contribution >= 4 is 78.6 Å². The van der Waals surface area contributed by atoms with Crippen molar-refractivity contribution in [3.05, 3.63) is 116 Å². The van der Waals surface area contributed by atoms with Crippen LogP contribution in [0.3, 0.4) is 0 Å². The lowest BCUT2D eigenvalue weighted by Crippen LogP contribution is -2.39. The van der Waals surface area contributed by atoms with Crippen molar-refractivity contribution in [3.63, 3.8) is 0 Å². The van der Waals surface area contributed by atoms with E-state index in [1.165, 1.54) is 43.7 Å². The number of hydrazone groups is 1. The number of carbonyl (C=O) groups is 1. The number of hydrogen-bond donors (Lipinski definition) is 1. The Labute approximate surface area is 267 Å². The van der Waals surface area contributed by atoms with Gasteiger partial charge in [-0.25, -0.2) is 13.8 Å². The van der Waals surface area contributed by atoms with Gasteiger partial charge < -0.3 is 9.47 Å². The van der Waals surface area contributed by atoms with Gasteiger partial charge in [-0.05, 0) is 81.7 Å². The molecule has 8 nitrogen and oxygen atoms in total. The second kappa shape index (κ2) is 14.3. The zero-order valence-electron chi connectivity index (χ0n) is 21.9. The van der Waals surface area contributed by atoms with Crippen molar-refractivity contribution in [1.29, 1.82) is 0 Å². The molecule has 4 aromatic carbocycles. The molecule has 1 N–H and O–H groups in total. The van der Waals surface area contributed by atoms with Crippen LogP contribution in [0.1, 0.15) is 11.1 Å². The van der Waals surface area contributed by atoms with Crippen LogP contribution in [-0.2, 0) is 21.4 Å². The molecule has 0 unspecified atom stereocenters. The van der Waals surface area contributed by atoms with E-state index in [1.807, 2.05) is 12.1 Å². The highest BCUT2D eigenvalue weighted by molar-refractivity contribution is 9.10. The van der Waals surface area contributed by atoms with Crippen molar-refractivity contribution in [2.75, 3.05) is 18.0 Å². The summed E-state index contributed by atoms with van der Waals surface area (Å²) in [6, 6.07) is 22.7. The molecule has 0 fully saturated rings. The van der Waals surface area contributed by atoms with Crippen LogP contribution in [0.15, 0.2) is 99.4 Å². The molecule has 0 atom stereocenters. The molecule has 4 rings (SSSR count). The summed E-state index contributed by atoms with van der Waals surface area (Å²) >= 11 is 21.8. The predicted octanol–water partition coefficient (Wildman–Crippen LogP) is 7.34. The van der Waals surface area contributed by atoms with E-state index in [4.69, 9.17) is 44.3 Å². The Bertz CT molecular complexity index is 1710. The maximum Gasteiger partial charge on any atom is 0.264 e. The van der Waals surface area contributed by atoms with Crippen LogP contribution < -0.4 is 19.2 Å². The first-order valence-electron chi connectivity index (χ1n) is 12.2. The summed E-state index contributed by atoms with van der Waals surface area (Å²) in [5.74, 6) is 0.213. The summed E-state index contributed by atoms with van der Waals surface area (Å²) in [7, 11) is -2.66. The minimum atomic E-state index is -4.16. The summed E-state index contributed by atoms with van der Waals surface area (Å²) in [5, 5.41) is 5.01. The van der Waals surface area contributed by atoms with Gasteiger partial charge in [-0.3, -0.25) is 9.10 Å². The van der Waals surface area contributed by atoms with Gasteiger partial charge in [0, 0.05) is 10.0 Å². The smallest absolute Gasteiger partial charge is 0.264 e. The van der Waals surface area contributed by atoms with E-state index < -0.39 is 22.5 Å². The molecule has 0 radical (unpaired) electrons. The zero-order chi connectivity index (χ0) is 30.3. The largest absolute Gasteiger partial charge is 0.493 e. The standard InChI is InChI=1S/C29H23BrCl3N3O5S/c1-40-27-14-20(13-24(30)29(27)41-18-19-7-9-21(31)10-8-19)16-34-35-28(37)17-36(26-12-11-22(32)15-25(26)33)42(38,39)23-5-3-2-4-6-23/h2-16H,17-18H2,1H3,(H,35,37)/b34-16-. The highest BCUT2D eigenvalue weighted by atomic mass is 79.9. The average molecular weight is 712 g/mol. The van der Waals surface area contributed by atoms with Gasteiger partial charge in [0.25, 0.3) is 15.9 Å². The predicted molar refractivity (Wildman–Crippen MR) is 170 cm³/mol. The number of amides is 1. The van der Waals surface area contributed by atoms with E-state index in [1.54, 1.807) is 42.5 Å². The normalized spacial score (nSPS) is 11.4. The Morgan fingerprint density at radius 2 is 1.67 bits per heavy atom. The summed E-state index contributed by atoms with van der Waals surface area (Å²) in [6.07, 6.45) is 1.39. The maximum absolute atomic E-state index is 13.5. The molecule has 0 bridgehead atoms. The Morgan fingerprint density at radius 3 is 2.33 bits per heavy atom. The Morgan fingerprint density at radius 1 is 0.976 bits per heavy atom. The fraction of sp³-hybridized carbons (Fsp3) is 0.103. The second-order valence-electron chi connectivity index (χ2n) is 8.66. The van der Waals surface area contributed by atoms with Crippen LogP contribution >= 0.6 is 50.7 Å². The lowest BCUT2D eigenvalue weighted by Gasteiger charge is -2.24. The molecule has 0 heterocycles. The lowest BCUT2D eigenvalue weighted by atomic mass is 10.2. The van der Waals surface area contributed by atoms with Gasteiger partial charge in [0.1, 0.15) is 13.2 Å². The highest BCUT2D eigenvalue weighted by Gasteiger charge is 2.28. The number of benzene rings is 4. The number of methoxy groups -OCH3 is 1. The first-order valence-corrected chi connectivity index (χ1v) is 15.5. The Hall–Kier alpha value is -3.28. The number of ether oxygens (including phenoxy) is 2. The summed E-state index contributed by atoms with van der Waals surface area (Å²) in [5.41, 5.74) is 3.95. The van der Waals surface area contributed by atoms with Crippen molar-refractivity contribution < 1.29 is 22.7 Å². The molecule has 0 spiro atoms. The van der Waals surface area contributed by atoms with Gasteiger partial charge in [-0.15, -0.1) is 0 Å². The van der Waals surface area contributed by atoms with E-state index in [-0.39, 0.29) is 22.2 Å². The van der Waals surface area contributed by atoms with Crippen LogP contribution in [0.4, 0.5) is 5.69 Å². The number of sulfonamides is 1. The second-order valence-corrected chi connectivity index (χ2v) is 12.7. The molecule has 0 saturated carbocycles. The molecule has 42 heavy (non-hydrogen) atoms. The summed E-state index contributed by atoms with van der Waals surface area (Å²) < 4.78 is 39.9. The fourth-order valence-electron chi connectivity index (χ4n) is 3.74. The van der Waals surface area contributed by atoms with E-state index >= 15 is 0 Å². The number of hydrogen-bond acceptors (Lipinski definition) is 6. The van der Waals surface area contributed by atoms with Gasteiger partial charge in [0.05, 0.1) is 33.4 Å². The third kappa shape index (κ3) is 7.96. The molecule has 0 aromatic heterocycles. The first kappa shape index (κ1) is 31.7. The monoisotopic (exact) mass is 709 g/mol. The summed E-state index contributed by atoms with van der Waals surface area (Å²) in [6.45, 7) is -0.309. The van der Waals surface area contributed by atoms with Crippen molar-refractivity contribution in [2.24, 2.45) is 5.10 Å².